The van der Waals surface area contributed by atoms with E-state index in [-0.39, 0.29) is 16.5 Å². The number of hydrogen-bond donors (Lipinski definition) is 0. The summed E-state index contributed by atoms with van der Waals surface area (Å²) in [4.78, 5) is 0. The monoisotopic (exact) mass is 139 g/mol. The van der Waals surface area contributed by atoms with Crippen molar-refractivity contribution in [3.63, 3.8) is 0 Å². The first-order valence-corrected chi connectivity index (χ1v) is 1.58. The normalized spacial score (nSPS) is 6.86. The van der Waals surface area contributed by atoms with Crippen LogP contribution >= 0.6 is 0 Å². The predicted octanol–water partition coefficient (Wildman–Crippen LogP) is -0.131. The number of hydrogen-bond acceptors (Lipinski definition) is 3. The van der Waals surface area contributed by atoms with Crippen molar-refractivity contribution >= 4 is 0 Å². The number of nitrogens with zero attached hydrogens (tertiary/aromatic N) is 3. The van der Waals surface area contributed by atoms with Crippen molar-refractivity contribution in [3.8, 4) is 0 Å². The summed E-state index contributed by atoms with van der Waals surface area (Å²) in [5, 5.41) is 10.1. The molecule has 0 saturated carbocycles. The van der Waals surface area contributed by atoms with Crippen LogP contribution in [0.1, 0.15) is 0 Å². The molecule has 0 aliphatic carbocycles. The van der Waals surface area contributed by atoms with E-state index in [1.54, 1.807) is 18.5 Å². The molecule has 7 heavy (non-hydrogen) atoms. The molecule has 4 heteroatoms. The van der Waals surface area contributed by atoms with Crippen LogP contribution in [0.15, 0.2) is 18.5 Å². The van der Waals surface area contributed by atoms with Crippen molar-refractivity contribution in [1.82, 2.24) is 15.4 Å². The van der Waals surface area contributed by atoms with Crippen molar-refractivity contribution in [3.05, 3.63) is 18.5 Å². The smallest absolute Gasteiger partial charge is 0.0529 e. The molecule has 0 bridgehead atoms. The molecule has 0 N–H and O–H groups in total. The molecular weight excluding hydrogens is 137 g/mol. The van der Waals surface area contributed by atoms with E-state index in [2.05, 4.69) is 15.4 Å². The van der Waals surface area contributed by atoms with Crippen LogP contribution in [0.4, 0.5) is 0 Å². The first-order chi connectivity index (χ1) is 3.00. The zero-order chi connectivity index (χ0) is 4.24. The second-order valence-electron chi connectivity index (χ2n) is 0.811. The molecule has 0 atom stereocenters. The second-order valence-corrected chi connectivity index (χ2v) is 0.811. The van der Waals surface area contributed by atoms with Gasteiger partial charge < -0.3 is 0 Å². The summed E-state index contributed by atoms with van der Waals surface area (Å²) in [5.74, 6) is 0. The third-order valence-electron chi connectivity index (χ3n) is 0.409. The topological polar surface area (TPSA) is 38.7 Å². The van der Waals surface area contributed by atoms with E-state index in [0.717, 1.165) is 0 Å². The molecule has 1 aromatic heterocycles. The SMILES string of the molecule is [Ni].c1cnnnc1. The molecule has 0 aromatic carbocycles. The van der Waals surface area contributed by atoms with Gasteiger partial charge in [-0.05, 0) is 11.3 Å². The van der Waals surface area contributed by atoms with Gasteiger partial charge in [0.15, 0.2) is 0 Å². The summed E-state index contributed by atoms with van der Waals surface area (Å²) >= 11 is 0. The van der Waals surface area contributed by atoms with E-state index < -0.39 is 0 Å². The summed E-state index contributed by atoms with van der Waals surface area (Å²) in [7, 11) is 0. The van der Waals surface area contributed by atoms with Gasteiger partial charge in [0, 0.05) is 16.5 Å². The third-order valence-corrected chi connectivity index (χ3v) is 0.409. The van der Waals surface area contributed by atoms with Gasteiger partial charge >= 0.3 is 0 Å². The van der Waals surface area contributed by atoms with E-state index in [1.807, 2.05) is 0 Å². The molecular formula is C3H3N3Ni. The van der Waals surface area contributed by atoms with E-state index in [0.29, 0.717) is 0 Å². The Morgan fingerprint density at radius 3 is 1.71 bits per heavy atom. The quantitative estimate of drug-likeness (QED) is 0.471. The Kier molecular flexibility index (Phi) is 3.42. The maximum absolute atomic E-state index is 3.42. The summed E-state index contributed by atoms with van der Waals surface area (Å²) in [6, 6.07) is 1.72. The number of rotatable bonds is 0. The van der Waals surface area contributed by atoms with Crippen molar-refractivity contribution in [2.45, 2.75) is 0 Å². The van der Waals surface area contributed by atoms with Crippen LogP contribution in [0.3, 0.4) is 0 Å². The van der Waals surface area contributed by atoms with Crippen molar-refractivity contribution < 1.29 is 16.5 Å². The molecule has 0 aliphatic heterocycles. The molecule has 0 radical (unpaired) electrons. The average Bonchev–Trinajstić information content (AvgIpc) is 1.72. The van der Waals surface area contributed by atoms with Crippen LogP contribution in [0.25, 0.3) is 0 Å². The zero-order valence-corrected chi connectivity index (χ0v) is 4.38. The van der Waals surface area contributed by atoms with Gasteiger partial charge in [-0.2, -0.15) is 0 Å². The summed E-state index contributed by atoms with van der Waals surface area (Å²) in [5.41, 5.74) is 0. The van der Waals surface area contributed by atoms with Gasteiger partial charge in [-0.3, -0.25) is 0 Å². The van der Waals surface area contributed by atoms with Crippen LogP contribution in [-0.4, -0.2) is 15.4 Å². The molecule has 1 heterocycles. The van der Waals surface area contributed by atoms with Crippen LogP contribution in [-0.2, 0) is 16.5 Å². The molecule has 0 spiro atoms. The Hall–Kier alpha value is -0.496. The number of aromatic nitrogens is 3. The fraction of sp³-hybridized carbons (Fsp3) is 0. The molecule has 0 amide bonds. The van der Waals surface area contributed by atoms with Gasteiger partial charge in [0.1, 0.15) is 0 Å². The Bertz CT molecular complexity index is 82.1. The van der Waals surface area contributed by atoms with E-state index in [9.17, 15) is 0 Å². The summed E-state index contributed by atoms with van der Waals surface area (Å²) < 4.78 is 0. The molecule has 1 rings (SSSR count). The maximum Gasteiger partial charge on any atom is 0.0529 e. The molecule has 0 fully saturated rings. The predicted molar refractivity (Wildman–Crippen MR) is 19.8 cm³/mol. The largest absolute Gasteiger partial charge is 0.139 e. The van der Waals surface area contributed by atoms with Crippen molar-refractivity contribution in [2.24, 2.45) is 0 Å². The first kappa shape index (κ1) is 6.50. The molecule has 3 nitrogen and oxygen atoms in total. The minimum atomic E-state index is 0. The van der Waals surface area contributed by atoms with Gasteiger partial charge in [-0.15, -0.1) is 10.2 Å². The van der Waals surface area contributed by atoms with Crippen molar-refractivity contribution in [1.29, 1.82) is 0 Å². The van der Waals surface area contributed by atoms with Crippen LogP contribution in [0, 0.1) is 0 Å². The molecule has 40 valence electrons. The van der Waals surface area contributed by atoms with Gasteiger partial charge in [0.25, 0.3) is 0 Å². The molecule has 0 unspecified atom stereocenters. The van der Waals surface area contributed by atoms with E-state index in [4.69, 9.17) is 0 Å². The Morgan fingerprint density at radius 2 is 1.57 bits per heavy atom. The van der Waals surface area contributed by atoms with E-state index >= 15 is 0 Å². The van der Waals surface area contributed by atoms with Crippen LogP contribution in [0.5, 0.6) is 0 Å². The van der Waals surface area contributed by atoms with Gasteiger partial charge in [-0.1, -0.05) is 0 Å². The maximum atomic E-state index is 3.42. The molecule has 0 saturated heterocycles. The zero-order valence-electron chi connectivity index (χ0n) is 3.39. The van der Waals surface area contributed by atoms with Crippen LogP contribution < -0.4 is 0 Å². The average molecular weight is 140 g/mol. The van der Waals surface area contributed by atoms with Crippen LogP contribution in [0.2, 0.25) is 0 Å². The van der Waals surface area contributed by atoms with Gasteiger partial charge in [0.2, 0.25) is 0 Å². The van der Waals surface area contributed by atoms with Crippen molar-refractivity contribution in [2.75, 3.05) is 0 Å². The molecule has 0 aliphatic rings. The van der Waals surface area contributed by atoms with Gasteiger partial charge in [-0.25, -0.2) is 0 Å². The second kappa shape index (κ2) is 3.69. The minimum Gasteiger partial charge on any atom is -0.139 e. The Morgan fingerprint density at radius 1 is 1.00 bits per heavy atom. The standard InChI is InChI=1S/C3H3N3.Ni/c1-2-4-6-5-3-1;/h1-3H;. The minimum absolute atomic E-state index is 0. The Balaban J connectivity index is 0.000000360. The van der Waals surface area contributed by atoms with E-state index in [1.165, 1.54) is 0 Å². The Labute approximate surface area is 51.1 Å². The van der Waals surface area contributed by atoms with Gasteiger partial charge in [0.05, 0.1) is 12.4 Å². The summed E-state index contributed by atoms with van der Waals surface area (Å²) in [6.07, 6.45) is 3.15. The summed E-state index contributed by atoms with van der Waals surface area (Å²) in [6.45, 7) is 0. The fourth-order valence-electron chi connectivity index (χ4n) is 0.205. The molecule has 1 aromatic rings. The third kappa shape index (κ3) is 2.23. The first-order valence-electron chi connectivity index (χ1n) is 1.58. The fourth-order valence-corrected chi connectivity index (χ4v) is 0.205.